The second kappa shape index (κ2) is 20.7. The summed E-state index contributed by atoms with van der Waals surface area (Å²) in [6.45, 7) is 15.0. The van der Waals surface area contributed by atoms with Crippen LogP contribution in [0.1, 0.15) is 78.1 Å². The zero-order valence-electron chi connectivity index (χ0n) is 38.1. The molecule has 0 saturated carbocycles. The molecule has 7 aromatic rings. The van der Waals surface area contributed by atoms with Gasteiger partial charge in [-0.25, -0.2) is 0 Å². The normalized spacial score (nSPS) is 15.3. The van der Waals surface area contributed by atoms with Crippen molar-refractivity contribution < 1.29 is 0 Å². The molecule has 7 aromatic carbocycles. The summed E-state index contributed by atoms with van der Waals surface area (Å²) in [5.41, 5.74) is 25.6. The minimum atomic E-state index is -0.371. The van der Waals surface area contributed by atoms with Gasteiger partial charge in [-0.2, -0.15) is 0 Å². The quantitative estimate of drug-likeness (QED) is 0.152. The highest BCUT2D eigenvalue weighted by molar-refractivity contribution is 5.92. The van der Waals surface area contributed by atoms with E-state index in [9.17, 15) is 0 Å². The van der Waals surface area contributed by atoms with Gasteiger partial charge in [0.25, 0.3) is 0 Å². The molecule has 63 heavy (non-hydrogen) atoms. The van der Waals surface area contributed by atoms with Gasteiger partial charge in [0.15, 0.2) is 0 Å². The van der Waals surface area contributed by atoms with Gasteiger partial charge < -0.3 is 0 Å². The van der Waals surface area contributed by atoms with Gasteiger partial charge in [-0.1, -0.05) is 225 Å². The first-order valence-corrected chi connectivity index (χ1v) is 22.6. The third-order valence-corrected chi connectivity index (χ3v) is 12.2. The summed E-state index contributed by atoms with van der Waals surface area (Å²) in [5, 5.41) is 0. The van der Waals surface area contributed by atoms with Crippen LogP contribution in [0.4, 0.5) is 0 Å². The minimum Gasteiger partial charge on any atom is -0.121 e. The largest absolute Gasteiger partial charge is 0.121 e. The molecule has 0 aromatic heterocycles. The summed E-state index contributed by atoms with van der Waals surface area (Å²) >= 11 is 0. The number of aryl methyl sites for hydroxylation is 3. The molecule has 0 fully saturated rings. The fraction of sp³-hybridized carbons (Fsp3) is 0.159. The second-order valence-corrected chi connectivity index (χ2v) is 16.4. The van der Waals surface area contributed by atoms with Crippen LogP contribution in [0.25, 0.3) is 39.0 Å². The fourth-order valence-corrected chi connectivity index (χ4v) is 9.14. The molecular weight excluding hydrogens is 757 g/mol. The van der Waals surface area contributed by atoms with E-state index < -0.39 is 0 Å². The number of hydrogen-bond donors (Lipinski definition) is 0. The van der Waals surface area contributed by atoms with Crippen molar-refractivity contribution in [2.45, 2.75) is 66.7 Å². The third kappa shape index (κ3) is 9.59. The molecule has 0 bridgehead atoms. The second-order valence-electron chi connectivity index (χ2n) is 16.4. The standard InChI is InChI=1S/C35H30.C19H16.C7H8.C2H6/c1-24-13-12-17-28(23-24)35(27-15-6-4-5-7-16-27)32-20-11-10-19-31(32)34-26(3)30(21-22-33(34)35)29-18-9-8-14-25(29)2;1-15-7-9-17(10-8-15)19-13-11-18(12-14-19)16-5-3-2-4-6-16;1-7-5-3-2-4-6-7;1-2/h4,6-8,10-17,19-23H,9,18H2,1-3H3;2-14H,1H3;2-6H,1H3;1-2H3. The third-order valence-electron chi connectivity index (χ3n) is 12.2. The Morgan fingerprint density at radius 1 is 0.476 bits per heavy atom. The number of rotatable bonds is 5. The van der Waals surface area contributed by atoms with Gasteiger partial charge in [-0.15, -0.1) is 5.73 Å². The summed E-state index contributed by atoms with van der Waals surface area (Å²) in [4.78, 5) is 0. The molecule has 3 aliphatic carbocycles. The summed E-state index contributed by atoms with van der Waals surface area (Å²) in [6, 6.07) is 61.0. The molecule has 3 aliphatic rings. The Bertz CT molecular complexity index is 2830. The summed E-state index contributed by atoms with van der Waals surface area (Å²) in [7, 11) is 0. The molecule has 0 aliphatic heterocycles. The van der Waals surface area contributed by atoms with Crippen molar-refractivity contribution in [3.8, 4) is 33.4 Å². The van der Waals surface area contributed by atoms with Crippen LogP contribution in [0.2, 0.25) is 0 Å². The molecule has 1 unspecified atom stereocenters. The Morgan fingerprint density at radius 2 is 1.06 bits per heavy atom. The Labute approximate surface area is 377 Å². The molecule has 0 radical (unpaired) electrons. The van der Waals surface area contributed by atoms with Crippen molar-refractivity contribution in [3.05, 3.63) is 274 Å². The zero-order chi connectivity index (χ0) is 44.2. The Hall–Kier alpha value is -6.98. The zero-order valence-corrected chi connectivity index (χ0v) is 38.1. The molecule has 0 amide bonds. The molecule has 312 valence electrons. The number of hydrogen-bond acceptors (Lipinski definition) is 0. The average molecular weight is 817 g/mol. The van der Waals surface area contributed by atoms with E-state index in [-0.39, 0.29) is 5.41 Å². The lowest BCUT2D eigenvalue weighted by molar-refractivity contribution is 0.765. The smallest absolute Gasteiger partial charge is 0.0713 e. The maximum atomic E-state index is 3.27. The van der Waals surface area contributed by atoms with Crippen molar-refractivity contribution >= 4 is 5.57 Å². The van der Waals surface area contributed by atoms with Crippen LogP contribution in [-0.2, 0) is 5.41 Å². The van der Waals surface area contributed by atoms with E-state index in [1.807, 2.05) is 44.2 Å². The van der Waals surface area contributed by atoms with Crippen LogP contribution in [0, 0.1) is 27.7 Å². The number of benzene rings is 7. The lowest BCUT2D eigenvalue weighted by Crippen LogP contribution is -2.29. The molecule has 1 atom stereocenters. The SMILES string of the molecule is CC.CC1=C(c2ccc3c(c2C)-c2ccccc2C3(C2=CC=C=CC=C2)c2cccc(C)c2)CCC=C1.Cc1ccc(-c2ccc(-c3ccccc3)cc2)cc1.Cc1ccccc1. The maximum Gasteiger partial charge on any atom is 0.0713 e. The van der Waals surface area contributed by atoms with Crippen molar-refractivity contribution in [1.82, 2.24) is 0 Å². The first-order valence-electron chi connectivity index (χ1n) is 22.6. The van der Waals surface area contributed by atoms with Gasteiger partial charge >= 0.3 is 0 Å². The van der Waals surface area contributed by atoms with Crippen LogP contribution >= 0.6 is 0 Å². The summed E-state index contributed by atoms with van der Waals surface area (Å²) in [6.07, 6.45) is 17.5. The molecule has 0 saturated heterocycles. The predicted molar refractivity (Wildman–Crippen MR) is 273 cm³/mol. The molecular formula is C63H60. The average Bonchev–Trinajstić information content (AvgIpc) is 3.41. The van der Waals surface area contributed by atoms with Crippen LogP contribution in [0.15, 0.2) is 229 Å². The monoisotopic (exact) mass is 816 g/mol. The summed E-state index contributed by atoms with van der Waals surface area (Å²) in [5.74, 6) is 0. The predicted octanol–water partition coefficient (Wildman–Crippen LogP) is 17.3. The van der Waals surface area contributed by atoms with Gasteiger partial charge in [-0.3, -0.25) is 0 Å². The van der Waals surface area contributed by atoms with Crippen LogP contribution in [0.3, 0.4) is 0 Å². The molecule has 0 heterocycles. The Morgan fingerprint density at radius 3 is 1.70 bits per heavy atom. The first kappa shape index (κ1) is 44.1. The lowest BCUT2D eigenvalue weighted by Gasteiger charge is -2.35. The van der Waals surface area contributed by atoms with E-state index >= 15 is 0 Å². The molecule has 0 spiro atoms. The van der Waals surface area contributed by atoms with Gasteiger partial charge in [-0.05, 0) is 144 Å². The number of allylic oxidation sites excluding steroid dienone is 9. The Balaban J connectivity index is 0.000000177. The van der Waals surface area contributed by atoms with Gasteiger partial charge in [0.05, 0.1) is 5.41 Å². The van der Waals surface area contributed by atoms with Crippen molar-refractivity contribution in [3.63, 3.8) is 0 Å². The highest BCUT2D eigenvalue weighted by atomic mass is 14.5. The highest BCUT2D eigenvalue weighted by Gasteiger charge is 2.47. The van der Waals surface area contributed by atoms with Gasteiger partial charge in [0, 0.05) is 0 Å². The van der Waals surface area contributed by atoms with Crippen molar-refractivity contribution in [2.75, 3.05) is 0 Å². The first-order chi connectivity index (χ1) is 30.8. The molecule has 0 heteroatoms. The van der Waals surface area contributed by atoms with E-state index in [4.69, 9.17) is 0 Å². The Kier molecular flexibility index (Phi) is 14.5. The van der Waals surface area contributed by atoms with Crippen molar-refractivity contribution in [1.29, 1.82) is 0 Å². The molecule has 0 nitrogen and oxygen atoms in total. The maximum absolute atomic E-state index is 3.27. The van der Waals surface area contributed by atoms with E-state index in [1.54, 1.807) is 0 Å². The van der Waals surface area contributed by atoms with E-state index in [0.717, 1.165) is 12.8 Å². The van der Waals surface area contributed by atoms with E-state index in [2.05, 4.69) is 222 Å². The lowest BCUT2D eigenvalue weighted by atomic mass is 9.66. The van der Waals surface area contributed by atoms with E-state index in [1.165, 1.54) is 94.6 Å². The fourth-order valence-electron chi connectivity index (χ4n) is 9.14. The van der Waals surface area contributed by atoms with Crippen LogP contribution in [0.5, 0.6) is 0 Å². The van der Waals surface area contributed by atoms with Gasteiger partial charge in [0.2, 0.25) is 0 Å². The highest BCUT2D eigenvalue weighted by Crippen LogP contribution is 2.58. The van der Waals surface area contributed by atoms with E-state index in [0.29, 0.717) is 0 Å². The molecule has 10 rings (SSSR count). The molecule has 0 N–H and O–H groups in total. The van der Waals surface area contributed by atoms with Crippen molar-refractivity contribution in [2.24, 2.45) is 0 Å². The summed E-state index contributed by atoms with van der Waals surface area (Å²) < 4.78 is 0. The minimum absolute atomic E-state index is 0.371. The topological polar surface area (TPSA) is 0 Å². The van der Waals surface area contributed by atoms with Crippen LogP contribution in [-0.4, -0.2) is 0 Å². The van der Waals surface area contributed by atoms with Gasteiger partial charge in [0.1, 0.15) is 0 Å². The number of fused-ring (bicyclic) bond motifs is 3. The van der Waals surface area contributed by atoms with Crippen LogP contribution < -0.4 is 0 Å².